The smallest absolute Gasteiger partial charge is 0.475 e. The molecular formula is C28H29F3N8O5S. The maximum Gasteiger partial charge on any atom is 0.490 e. The molecule has 45 heavy (non-hydrogen) atoms. The molecule has 5 rings (SSSR count). The summed E-state index contributed by atoms with van der Waals surface area (Å²) in [6.07, 6.45) is 2.11. The van der Waals surface area contributed by atoms with Gasteiger partial charge in [-0.1, -0.05) is 36.3 Å². The van der Waals surface area contributed by atoms with Crippen LogP contribution in [0.2, 0.25) is 0 Å². The molecule has 0 radical (unpaired) electrons. The Morgan fingerprint density at radius 1 is 1.18 bits per heavy atom. The molecule has 1 aliphatic carbocycles. The number of fused-ring (bicyclic) bond motifs is 1. The zero-order valence-electron chi connectivity index (χ0n) is 23.8. The van der Waals surface area contributed by atoms with Crippen LogP contribution >= 0.6 is 0 Å². The van der Waals surface area contributed by atoms with Gasteiger partial charge in [-0.25, -0.2) is 17.9 Å². The molecule has 13 nitrogen and oxygen atoms in total. The number of amides is 1. The molecule has 0 bridgehead atoms. The minimum Gasteiger partial charge on any atom is -0.475 e. The van der Waals surface area contributed by atoms with Crippen LogP contribution in [0.5, 0.6) is 0 Å². The predicted octanol–water partition coefficient (Wildman–Crippen LogP) is 3.75. The zero-order valence-corrected chi connectivity index (χ0v) is 24.6. The zero-order chi connectivity index (χ0) is 32.9. The molecule has 0 saturated heterocycles. The molecule has 0 aliphatic heterocycles. The number of nitrogens with two attached hydrogens (primary N) is 1. The van der Waals surface area contributed by atoms with E-state index >= 15 is 0 Å². The molecule has 2 aromatic carbocycles. The molecule has 17 heteroatoms. The number of halogens is 3. The maximum absolute atomic E-state index is 13.0. The van der Waals surface area contributed by atoms with E-state index in [1.54, 1.807) is 41.3 Å². The first kappa shape index (κ1) is 33.0. The summed E-state index contributed by atoms with van der Waals surface area (Å²) in [5, 5.41) is 28.0. The summed E-state index contributed by atoms with van der Waals surface area (Å²) in [5.41, 5.74) is 9.35. The second-order valence-corrected chi connectivity index (χ2v) is 12.0. The Labute approximate surface area is 255 Å². The van der Waals surface area contributed by atoms with Crippen LogP contribution in [0.3, 0.4) is 0 Å². The Kier molecular flexibility index (Phi) is 9.78. The van der Waals surface area contributed by atoms with Gasteiger partial charge in [-0.05, 0) is 49.1 Å². The van der Waals surface area contributed by atoms with E-state index < -0.39 is 22.2 Å². The second-order valence-electron chi connectivity index (χ2n) is 10.3. The quantitative estimate of drug-likeness (QED) is 0.198. The lowest BCUT2D eigenvalue weighted by Crippen LogP contribution is -2.35. The number of H-pyrrole nitrogens is 1. The van der Waals surface area contributed by atoms with Crippen molar-refractivity contribution >= 4 is 38.5 Å². The SMILES string of the molecule is Cc1ccc(NS(=O)(=O)c2ccc(CNC(=O)c3cn([C@@H]4CCCC[C@@H]4N)nn3)cc2)c2[nH]cc(C#N)c12.O=C(O)C(F)(F)F. The Balaban J connectivity index is 0.000000591. The Morgan fingerprint density at radius 3 is 2.47 bits per heavy atom. The molecule has 238 valence electrons. The number of carboxylic acids is 1. The van der Waals surface area contributed by atoms with Crippen molar-refractivity contribution < 1.29 is 36.3 Å². The van der Waals surface area contributed by atoms with Crippen LogP contribution in [-0.4, -0.2) is 57.6 Å². The molecule has 2 atom stereocenters. The molecular weight excluding hydrogens is 617 g/mol. The number of nitriles is 1. The van der Waals surface area contributed by atoms with Gasteiger partial charge in [0.1, 0.15) is 6.07 Å². The van der Waals surface area contributed by atoms with Crippen molar-refractivity contribution in [2.24, 2.45) is 5.73 Å². The number of aliphatic carboxylic acids is 1. The van der Waals surface area contributed by atoms with E-state index in [4.69, 9.17) is 15.6 Å². The normalized spacial score (nSPS) is 16.7. The number of anilines is 1. The highest BCUT2D eigenvalue weighted by Crippen LogP contribution is 2.30. The van der Waals surface area contributed by atoms with Crippen molar-refractivity contribution in [3.05, 3.63) is 71.2 Å². The predicted molar refractivity (Wildman–Crippen MR) is 155 cm³/mol. The van der Waals surface area contributed by atoms with Crippen molar-refractivity contribution in [3.63, 3.8) is 0 Å². The fourth-order valence-corrected chi connectivity index (χ4v) is 5.94. The number of hydrogen-bond acceptors (Lipinski definition) is 8. The Bertz CT molecular complexity index is 1850. The number of hydrogen-bond donors (Lipinski definition) is 5. The molecule has 1 saturated carbocycles. The van der Waals surface area contributed by atoms with Gasteiger partial charge in [0.25, 0.3) is 15.9 Å². The molecule has 0 unspecified atom stereocenters. The van der Waals surface area contributed by atoms with Crippen molar-refractivity contribution in [2.45, 2.75) is 62.3 Å². The number of aromatic amines is 1. The van der Waals surface area contributed by atoms with Gasteiger partial charge in [0.15, 0.2) is 5.69 Å². The third-order valence-corrected chi connectivity index (χ3v) is 8.58. The highest BCUT2D eigenvalue weighted by atomic mass is 32.2. The number of aromatic nitrogens is 4. The first-order chi connectivity index (χ1) is 21.2. The minimum absolute atomic E-state index is 0.000482. The first-order valence-electron chi connectivity index (χ1n) is 13.6. The van der Waals surface area contributed by atoms with E-state index in [9.17, 15) is 31.6 Å². The fraction of sp³-hybridized carbons (Fsp3) is 0.321. The summed E-state index contributed by atoms with van der Waals surface area (Å²) in [5.74, 6) is -3.13. The van der Waals surface area contributed by atoms with Gasteiger partial charge in [0.05, 0.1) is 33.9 Å². The topological polar surface area (TPSA) is 209 Å². The third kappa shape index (κ3) is 7.77. The molecule has 1 fully saturated rings. The molecule has 1 amide bonds. The van der Waals surface area contributed by atoms with Gasteiger partial charge >= 0.3 is 12.1 Å². The van der Waals surface area contributed by atoms with Crippen LogP contribution in [-0.2, 0) is 21.4 Å². The molecule has 1 aliphatic rings. The van der Waals surface area contributed by atoms with Gasteiger partial charge in [0.2, 0.25) is 0 Å². The molecule has 4 aromatic rings. The maximum atomic E-state index is 13.0. The van der Waals surface area contributed by atoms with Gasteiger partial charge in [-0.2, -0.15) is 18.4 Å². The van der Waals surface area contributed by atoms with Crippen molar-refractivity contribution in [1.29, 1.82) is 5.26 Å². The van der Waals surface area contributed by atoms with E-state index in [0.29, 0.717) is 22.2 Å². The van der Waals surface area contributed by atoms with Crippen molar-refractivity contribution in [1.82, 2.24) is 25.3 Å². The number of carbonyl (C=O) groups excluding carboxylic acids is 1. The summed E-state index contributed by atoms with van der Waals surface area (Å²) < 4.78 is 62.1. The van der Waals surface area contributed by atoms with Gasteiger partial charge in [-0.3, -0.25) is 9.52 Å². The van der Waals surface area contributed by atoms with Gasteiger partial charge in [-0.15, -0.1) is 5.10 Å². The average molecular weight is 647 g/mol. The van der Waals surface area contributed by atoms with Crippen molar-refractivity contribution in [3.8, 4) is 6.07 Å². The summed E-state index contributed by atoms with van der Waals surface area (Å²) in [6, 6.07) is 11.8. The van der Waals surface area contributed by atoms with E-state index in [2.05, 4.69) is 31.4 Å². The molecule has 2 heterocycles. The number of rotatable bonds is 7. The lowest BCUT2D eigenvalue weighted by Gasteiger charge is -2.28. The number of nitrogens with zero attached hydrogens (tertiary/aromatic N) is 4. The number of sulfonamides is 1. The Morgan fingerprint density at radius 2 is 1.84 bits per heavy atom. The summed E-state index contributed by atoms with van der Waals surface area (Å²) in [7, 11) is -3.89. The van der Waals surface area contributed by atoms with Crippen LogP contribution in [0.25, 0.3) is 10.9 Å². The van der Waals surface area contributed by atoms with Crippen LogP contribution in [0.4, 0.5) is 18.9 Å². The second kappa shape index (κ2) is 13.4. The first-order valence-corrected chi connectivity index (χ1v) is 15.1. The number of carboxylic acid groups (broad SMARTS) is 1. The number of carbonyl (C=O) groups is 2. The van der Waals surface area contributed by atoms with Crippen LogP contribution in [0, 0.1) is 18.3 Å². The fourth-order valence-electron chi connectivity index (χ4n) is 4.87. The Hall–Kier alpha value is -4.95. The van der Waals surface area contributed by atoms with E-state index in [-0.39, 0.29) is 35.1 Å². The highest BCUT2D eigenvalue weighted by molar-refractivity contribution is 7.92. The summed E-state index contributed by atoms with van der Waals surface area (Å²) in [6.45, 7) is 2.06. The highest BCUT2D eigenvalue weighted by Gasteiger charge is 2.38. The van der Waals surface area contributed by atoms with Gasteiger partial charge < -0.3 is 21.1 Å². The average Bonchev–Trinajstić information content (AvgIpc) is 3.66. The van der Waals surface area contributed by atoms with Crippen LogP contribution < -0.4 is 15.8 Å². The largest absolute Gasteiger partial charge is 0.490 e. The summed E-state index contributed by atoms with van der Waals surface area (Å²) in [4.78, 5) is 24.5. The van der Waals surface area contributed by atoms with E-state index in [0.717, 1.165) is 36.8 Å². The molecule has 6 N–H and O–H groups in total. The standard InChI is InChI=1S/C26H28N8O3S.C2HF3O2/c1-16-6-11-21(25-24(16)18(12-27)14-29-25)32-38(36,37)19-9-7-17(8-10-19)13-30-26(35)22-15-34(33-31-22)23-5-3-2-4-20(23)28;3-2(4,5)1(6)7/h6-11,14-15,20,23,29,32H,2-5,13,28H2,1H3,(H,30,35);(H,6,7)/t20-,23+;/m0./s1. The molecule has 0 spiro atoms. The monoisotopic (exact) mass is 646 g/mol. The van der Waals surface area contributed by atoms with Crippen molar-refractivity contribution in [2.75, 3.05) is 4.72 Å². The van der Waals surface area contributed by atoms with Crippen LogP contribution in [0.1, 0.15) is 58.9 Å². The van der Waals surface area contributed by atoms with Crippen LogP contribution in [0.15, 0.2) is 53.7 Å². The number of alkyl halides is 3. The number of benzene rings is 2. The lowest BCUT2D eigenvalue weighted by molar-refractivity contribution is -0.192. The van der Waals surface area contributed by atoms with Gasteiger partial charge in [0, 0.05) is 24.2 Å². The van der Waals surface area contributed by atoms with E-state index in [1.807, 2.05) is 6.92 Å². The van der Waals surface area contributed by atoms with E-state index in [1.165, 1.54) is 12.1 Å². The third-order valence-electron chi connectivity index (χ3n) is 7.20. The summed E-state index contributed by atoms with van der Waals surface area (Å²) >= 11 is 0. The number of nitrogens with one attached hydrogen (secondary N) is 3. The minimum atomic E-state index is -5.08. The number of aryl methyl sites for hydroxylation is 1. The molecule has 2 aromatic heterocycles. The lowest BCUT2D eigenvalue weighted by atomic mass is 9.91.